The molecule has 0 rings (SSSR count). The van der Waals surface area contributed by atoms with Gasteiger partial charge >= 0.3 is 0 Å². The van der Waals surface area contributed by atoms with E-state index in [2.05, 4.69) is 31.3 Å². The molecule has 46 heavy (non-hydrogen) atoms. The number of carbonyl (C=O) groups excluding carboxylic acids is 1. The van der Waals surface area contributed by atoms with Gasteiger partial charge in [-0.2, -0.15) is 0 Å². The van der Waals surface area contributed by atoms with Crippen molar-refractivity contribution in [3.8, 4) is 0 Å². The minimum Gasteiger partial charge on any atom is -0.394 e. The lowest BCUT2D eigenvalue weighted by atomic mass is 10.0. The van der Waals surface area contributed by atoms with E-state index in [9.17, 15) is 15.0 Å². The van der Waals surface area contributed by atoms with E-state index in [0.717, 1.165) is 25.7 Å². The lowest BCUT2D eigenvalue weighted by Gasteiger charge is -2.20. The lowest BCUT2D eigenvalue weighted by molar-refractivity contribution is -0.123. The van der Waals surface area contributed by atoms with Crippen molar-refractivity contribution < 1.29 is 15.0 Å². The molecule has 0 saturated carbocycles. The lowest BCUT2D eigenvalue weighted by Crippen LogP contribution is -2.45. The summed E-state index contributed by atoms with van der Waals surface area (Å²) in [6.07, 6.45) is 48.5. The molecule has 3 N–H and O–H groups in total. The minimum atomic E-state index is -0.834. The summed E-state index contributed by atoms with van der Waals surface area (Å²) in [6, 6.07) is -0.617. The average Bonchev–Trinajstić information content (AvgIpc) is 3.06. The number of hydrogen-bond acceptors (Lipinski definition) is 3. The predicted molar refractivity (Wildman–Crippen MR) is 202 cm³/mol. The first kappa shape index (κ1) is 44.9. The summed E-state index contributed by atoms with van der Waals surface area (Å²) in [5.41, 5.74) is 0. The quantitative estimate of drug-likeness (QED) is 0.0464. The molecule has 0 aromatic heterocycles. The summed E-state index contributed by atoms with van der Waals surface area (Å²) in [6.45, 7) is 4.29. The van der Waals surface area contributed by atoms with Crippen LogP contribution in [0.5, 0.6) is 0 Å². The Morgan fingerprint density at radius 3 is 1.20 bits per heavy atom. The monoisotopic (exact) mass is 648 g/mol. The zero-order valence-corrected chi connectivity index (χ0v) is 31.1. The topological polar surface area (TPSA) is 69.6 Å². The SMILES string of the molecule is CCCCCCCC/C=C/CCCCCCCCCCCCCCCC(=O)N[C@@H](CO)[C@H](O)/C=C/CCCCCCCCCCC. The molecule has 0 heterocycles. The van der Waals surface area contributed by atoms with E-state index in [-0.39, 0.29) is 12.5 Å². The molecule has 4 heteroatoms. The molecule has 0 aromatic carbocycles. The summed E-state index contributed by atoms with van der Waals surface area (Å²) in [5, 5.41) is 22.9. The van der Waals surface area contributed by atoms with E-state index >= 15 is 0 Å². The molecule has 0 aliphatic rings. The number of aliphatic hydroxyl groups excluding tert-OH is 2. The number of rotatable bonds is 37. The molecule has 0 aliphatic heterocycles. The van der Waals surface area contributed by atoms with E-state index in [0.29, 0.717) is 6.42 Å². The standard InChI is InChI=1S/C42H81NO3/c1-3-5-7-9-11-13-15-16-17-18-19-20-21-22-23-24-25-26-28-30-32-34-36-38-42(46)43-40(39-44)41(45)37-35-33-31-29-27-14-12-10-8-6-4-2/h16-17,35,37,40-41,44-45H,3-15,18-34,36,38-39H2,1-2H3,(H,43,46)/b17-16+,37-35+/t40-,41+/m0/s1. The van der Waals surface area contributed by atoms with Crippen molar-refractivity contribution in [2.24, 2.45) is 0 Å². The van der Waals surface area contributed by atoms with Gasteiger partial charge in [0.05, 0.1) is 18.8 Å². The third kappa shape index (κ3) is 34.2. The maximum Gasteiger partial charge on any atom is 0.220 e. The fourth-order valence-corrected chi connectivity index (χ4v) is 6.23. The number of hydrogen-bond donors (Lipinski definition) is 3. The molecular weight excluding hydrogens is 566 g/mol. The molecule has 2 atom stereocenters. The molecule has 0 spiro atoms. The second-order valence-electron chi connectivity index (χ2n) is 14.1. The van der Waals surface area contributed by atoms with Crippen LogP contribution in [0.2, 0.25) is 0 Å². The van der Waals surface area contributed by atoms with Crippen molar-refractivity contribution in [3.05, 3.63) is 24.3 Å². The first-order valence-electron chi connectivity index (χ1n) is 20.6. The Morgan fingerprint density at radius 2 is 0.826 bits per heavy atom. The molecule has 1 amide bonds. The Hall–Kier alpha value is -1.13. The Morgan fingerprint density at radius 1 is 0.500 bits per heavy atom. The van der Waals surface area contributed by atoms with Gasteiger partial charge in [-0.15, -0.1) is 0 Å². The van der Waals surface area contributed by atoms with Crippen LogP contribution < -0.4 is 5.32 Å². The van der Waals surface area contributed by atoms with E-state index in [4.69, 9.17) is 0 Å². The van der Waals surface area contributed by atoms with E-state index in [1.807, 2.05) is 6.08 Å². The smallest absolute Gasteiger partial charge is 0.220 e. The predicted octanol–water partition coefficient (Wildman–Crippen LogP) is 12.5. The number of carbonyl (C=O) groups is 1. The highest BCUT2D eigenvalue weighted by atomic mass is 16.3. The van der Waals surface area contributed by atoms with Crippen LogP contribution in [0.3, 0.4) is 0 Å². The normalized spacial score (nSPS) is 13.2. The molecule has 0 aromatic rings. The highest BCUT2D eigenvalue weighted by Crippen LogP contribution is 2.15. The molecular formula is C42H81NO3. The van der Waals surface area contributed by atoms with Gasteiger partial charge in [-0.3, -0.25) is 4.79 Å². The van der Waals surface area contributed by atoms with E-state index in [1.54, 1.807) is 6.08 Å². The highest BCUT2D eigenvalue weighted by Gasteiger charge is 2.17. The number of amides is 1. The first-order valence-corrected chi connectivity index (χ1v) is 20.6. The number of allylic oxidation sites excluding steroid dienone is 3. The van der Waals surface area contributed by atoms with E-state index in [1.165, 1.54) is 173 Å². The van der Waals surface area contributed by atoms with Crippen LogP contribution in [0.1, 0.15) is 219 Å². The molecule has 272 valence electrons. The van der Waals surface area contributed by atoms with Crippen LogP contribution in [0.15, 0.2) is 24.3 Å². The van der Waals surface area contributed by atoms with Crippen LogP contribution in [0, 0.1) is 0 Å². The summed E-state index contributed by atoms with van der Waals surface area (Å²) in [7, 11) is 0. The van der Waals surface area contributed by atoms with Gasteiger partial charge in [-0.1, -0.05) is 192 Å². The number of unbranched alkanes of at least 4 members (excludes halogenated alkanes) is 28. The Labute approximate surface area is 288 Å². The minimum absolute atomic E-state index is 0.0644. The molecule has 0 saturated heterocycles. The molecule has 0 bridgehead atoms. The van der Waals surface area contributed by atoms with Crippen LogP contribution in [-0.4, -0.2) is 34.9 Å². The molecule has 4 nitrogen and oxygen atoms in total. The second kappa shape index (κ2) is 38.3. The Bertz CT molecular complexity index is 661. The van der Waals surface area contributed by atoms with Crippen LogP contribution in [0.25, 0.3) is 0 Å². The van der Waals surface area contributed by atoms with Crippen molar-refractivity contribution in [2.75, 3.05) is 6.61 Å². The molecule has 0 radical (unpaired) electrons. The van der Waals surface area contributed by atoms with Gasteiger partial charge in [0, 0.05) is 6.42 Å². The van der Waals surface area contributed by atoms with Crippen molar-refractivity contribution in [3.63, 3.8) is 0 Å². The van der Waals surface area contributed by atoms with Crippen molar-refractivity contribution in [1.82, 2.24) is 5.32 Å². The zero-order chi connectivity index (χ0) is 33.6. The molecule has 0 aliphatic carbocycles. The number of aliphatic hydroxyl groups is 2. The van der Waals surface area contributed by atoms with Crippen molar-refractivity contribution in [2.45, 2.75) is 231 Å². The third-order valence-corrected chi connectivity index (χ3v) is 9.43. The van der Waals surface area contributed by atoms with Crippen molar-refractivity contribution in [1.29, 1.82) is 0 Å². The van der Waals surface area contributed by atoms with Crippen LogP contribution in [-0.2, 0) is 4.79 Å². The van der Waals surface area contributed by atoms with Crippen molar-refractivity contribution >= 4 is 5.91 Å². The second-order valence-corrected chi connectivity index (χ2v) is 14.1. The molecule has 0 fully saturated rings. The van der Waals surface area contributed by atoms with Crippen LogP contribution >= 0.6 is 0 Å². The largest absolute Gasteiger partial charge is 0.394 e. The summed E-state index contributed by atoms with van der Waals surface area (Å²) < 4.78 is 0. The summed E-state index contributed by atoms with van der Waals surface area (Å²) in [5.74, 6) is -0.0644. The van der Waals surface area contributed by atoms with Gasteiger partial charge in [-0.25, -0.2) is 0 Å². The van der Waals surface area contributed by atoms with Crippen LogP contribution in [0.4, 0.5) is 0 Å². The van der Waals surface area contributed by atoms with Gasteiger partial charge in [-0.05, 0) is 44.9 Å². The fourth-order valence-electron chi connectivity index (χ4n) is 6.23. The third-order valence-electron chi connectivity index (χ3n) is 9.43. The van der Waals surface area contributed by atoms with E-state index < -0.39 is 12.1 Å². The first-order chi connectivity index (χ1) is 22.7. The van der Waals surface area contributed by atoms with Gasteiger partial charge in [0.25, 0.3) is 0 Å². The Kier molecular flexibility index (Phi) is 37.4. The van der Waals surface area contributed by atoms with Gasteiger partial charge in [0.1, 0.15) is 0 Å². The van der Waals surface area contributed by atoms with Gasteiger partial charge in [0.15, 0.2) is 0 Å². The average molecular weight is 648 g/mol. The van der Waals surface area contributed by atoms with Gasteiger partial charge < -0.3 is 15.5 Å². The zero-order valence-electron chi connectivity index (χ0n) is 31.1. The highest BCUT2D eigenvalue weighted by molar-refractivity contribution is 5.76. The maximum atomic E-state index is 12.3. The fraction of sp³-hybridized carbons (Fsp3) is 0.881. The maximum absolute atomic E-state index is 12.3. The number of nitrogens with one attached hydrogen (secondary N) is 1. The van der Waals surface area contributed by atoms with Gasteiger partial charge in [0.2, 0.25) is 5.91 Å². The summed E-state index contributed by atoms with van der Waals surface area (Å²) >= 11 is 0. The Balaban J connectivity index is 3.51. The summed E-state index contributed by atoms with van der Waals surface area (Å²) in [4.78, 5) is 12.3. The molecule has 0 unspecified atom stereocenters.